The van der Waals surface area contributed by atoms with Gasteiger partial charge in [-0.15, -0.1) is 0 Å². The quantitative estimate of drug-likeness (QED) is 0.844. The van der Waals surface area contributed by atoms with Crippen LogP contribution in [-0.2, 0) is 10.2 Å². The molecule has 0 radical (unpaired) electrons. The van der Waals surface area contributed by atoms with Crippen LogP contribution in [0.5, 0.6) is 11.5 Å². The smallest absolute Gasteiger partial charge is 0.231 e. The van der Waals surface area contributed by atoms with Crippen LogP contribution in [0.15, 0.2) is 18.2 Å². The first-order valence-electron chi connectivity index (χ1n) is 8.04. The average molecular weight is 321 g/mol. The maximum Gasteiger partial charge on any atom is 0.231 e. The summed E-state index contributed by atoms with van der Waals surface area (Å²) in [6.07, 6.45) is 3.63. The molecule has 1 saturated carbocycles. The first-order chi connectivity index (χ1) is 10.9. The maximum absolute atomic E-state index is 13.0. The molecule has 1 fully saturated rings. The molecule has 1 aliphatic carbocycles. The summed E-state index contributed by atoms with van der Waals surface area (Å²) in [6, 6.07) is 5.69. The van der Waals surface area contributed by atoms with Crippen LogP contribution >= 0.6 is 0 Å². The van der Waals surface area contributed by atoms with E-state index < -0.39 is 11.0 Å². The highest BCUT2D eigenvalue weighted by Gasteiger charge is 2.44. The van der Waals surface area contributed by atoms with Gasteiger partial charge in [0, 0.05) is 0 Å². The first kappa shape index (κ1) is 17.6. The van der Waals surface area contributed by atoms with Crippen molar-refractivity contribution in [2.75, 3.05) is 20.8 Å². The minimum Gasteiger partial charge on any atom is -0.493 e. The number of amides is 1. The summed E-state index contributed by atoms with van der Waals surface area (Å²) >= 11 is 0. The van der Waals surface area contributed by atoms with Gasteiger partial charge < -0.3 is 19.9 Å². The number of carbonyl (C=O) groups excluding carboxylic acids is 1. The van der Waals surface area contributed by atoms with E-state index in [0.717, 1.165) is 31.2 Å². The second-order valence-electron chi connectivity index (χ2n) is 6.86. The monoisotopic (exact) mass is 321 g/mol. The number of aliphatic hydroxyl groups excluding tert-OH is 1. The lowest BCUT2D eigenvalue weighted by atomic mass is 9.77. The summed E-state index contributed by atoms with van der Waals surface area (Å²) in [5.74, 6) is 1.26. The number of hydrogen-bond donors (Lipinski definition) is 2. The van der Waals surface area contributed by atoms with Gasteiger partial charge in [0.1, 0.15) is 0 Å². The number of methoxy groups -OCH3 is 2. The Morgan fingerprint density at radius 2 is 1.83 bits per heavy atom. The predicted octanol–water partition coefficient (Wildman–Crippen LogP) is 2.40. The fraction of sp³-hybridized carbons (Fsp3) is 0.611. The number of rotatable bonds is 6. The zero-order chi connectivity index (χ0) is 17.1. The van der Waals surface area contributed by atoms with E-state index >= 15 is 0 Å². The molecule has 0 saturated heterocycles. The number of hydrogen-bond acceptors (Lipinski definition) is 4. The number of aliphatic hydroxyl groups is 1. The van der Waals surface area contributed by atoms with Gasteiger partial charge in [-0.2, -0.15) is 0 Å². The maximum atomic E-state index is 13.0. The second-order valence-corrected chi connectivity index (χ2v) is 6.86. The average Bonchev–Trinajstić information content (AvgIpc) is 3.04. The van der Waals surface area contributed by atoms with Crippen molar-refractivity contribution in [1.82, 2.24) is 5.32 Å². The van der Waals surface area contributed by atoms with Gasteiger partial charge in [-0.3, -0.25) is 4.79 Å². The standard InChI is InChI=1S/C18H27NO4/c1-17(2,12-20)19-16(21)18(9-5-6-10-18)13-7-8-14(22-3)15(11-13)23-4/h7-8,11,20H,5-6,9-10,12H2,1-4H3,(H,19,21). The summed E-state index contributed by atoms with van der Waals surface area (Å²) in [5, 5.41) is 12.4. The Morgan fingerprint density at radius 1 is 1.22 bits per heavy atom. The molecule has 1 aromatic rings. The van der Waals surface area contributed by atoms with Crippen LogP contribution in [0, 0.1) is 0 Å². The van der Waals surface area contributed by atoms with Crippen LogP contribution in [0.2, 0.25) is 0 Å². The topological polar surface area (TPSA) is 67.8 Å². The van der Waals surface area contributed by atoms with Crippen LogP contribution in [0.3, 0.4) is 0 Å². The Balaban J connectivity index is 2.39. The Kier molecular flexibility index (Phi) is 5.19. The Labute approximate surface area is 138 Å². The van der Waals surface area contributed by atoms with Gasteiger partial charge in [-0.05, 0) is 44.4 Å². The molecule has 0 spiro atoms. The molecule has 2 rings (SSSR count). The molecule has 0 bridgehead atoms. The molecule has 128 valence electrons. The van der Waals surface area contributed by atoms with E-state index in [0.29, 0.717) is 11.5 Å². The largest absolute Gasteiger partial charge is 0.493 e. The van der Waals surface area contributed by atoms with Crippen molar-refractivity contribution < 1.29 is 19.4 Å². The van der Waals surface area contributed by atoms with E-state index in [1.165, 1.54) is 0 Å². The summed E-state index contributed by atoms with van der Waals surface area (Å²) in [7, 11) is 3.19. The van der Waals surface area contributed by atoms with Crippen molar-refractivity contribution in [3.8, 4) is 11.5 Å². The zero-order valence-electron chi connectivity index (χ0n) is 14.4. The molecule has 5 nitrogen and oxygen atoms in total. The lowest BCUT2D eigenvalue weighted by molar-refractivity contribution is -0.128. The minimum absolute atomic E-state index is 0.0266. The summed E-state index contributed by atoms with van der Waals surface area (Å²) in [6.45, 7) is 3.55. The van der Waals surface area contributed by atoms with Crippen LogP contribution in [0.25, 0.3) is 0 Å². The fourth-order valence-electron chi connectivity index (χ4n) is 3.23. The van der Waals surface area contributed by atoms with E-state index in [2.05, 4.69) is 5.32 Å². The van der Waals surface area contributed by atoms with E-state index in [1.54, 1.807) is 14.2 Å². The van der Waals surface area contributed by atoms with E-state index in [9.17, 15) is 9.90 Å². The van der Waals surface area contributed by atoms with Crippen molar-refractivity contribution in [1.29, 1.82) is 0 Å². The number of nitrogens with one attached hydrogen (secondary N) is 1. The van der Waals surface area contributed by atoms with Gasteiger partial charge in [-0.25, -0.2) is 0 Å². The molecule has 0 aliphatic heterocycles. The third kappa shape index (κ3) is 3.44. The van der Waals surface area contributed by atoms with Gasteiger partial charge in [0.15, 0.2) is 11.5 Å². The minimum atomic E-state index is -0.636. The Bertz CT molecular complexity index is 562. The number of carbonyl (C=O) groups is 1. The molecular weight excluding hydrogens is 294 g/mol. The van der Waals surface area contributed by atoms with Crippen molar-refractivity contribution in [2.24, 2.45) is 0 Å². The van der Waals surface area contributed by atoms with Crippen molar-refractivity contribution in [3.63, 3.8) is 0 Å². The van der Waals surface area contributed by atoms with Gasteiger partial charge >= 0.3 is 0 Å². The molecule has 1 amide bonds. The van der Waals surface area contributed by atoms with Crippen LogP contribution in [0.1, 0.15) is 45.1 Å². The lowest BCUT2D eigenvalue weighted by Gasteiger charge is -2.33. The molecule has 0 unspecified atom stereocenters. The van der Waals surface area contributed by atoms with Gasteiger partial charge in [-0.1, -0.05) is 18.9 Å². The van der Waals surface area contributed by atoms with Crippen molar-refractivity contribution in [3.05, 3.63) is 23.8 Å². The lowest BCUT2D eigenvalue weighted by Crippen LogP contribution is -2.53. The van der Waals surface area contributed by atoms with Crippen LogP contribution < -0.4 is 14.8 Å². The Hall–Kier alpha value is -1.75. The molecule has 0 heterocycles. The summed E-state index contributed by atoms with van der Waals surface area (Å²) < 4.78 is 10.7. The third-order valence-electron chi connectivity index (χ3n) is 4.68. The van der Waals surface area contributed by atoms with E-state index in [4.69, 9.17) is 9.47 Å². The predicted molar refractivity (Wildman–Crippen MR) is 89.0 cm³/mol. The van der Waals surface area contributed by atoms with Crippen LogP contribution in [0.4, 0.5) is 0 Å². The molecular formula is C18H27NO4. The SMILES string of the molecule is COc1ccc(C2(C(=O)NC(C)(C)CO)CCCC2)cc1OC. The molecule has 0 aromatic heterocycles. The van der Waals surface area contributed by atoms with Crippen molar-refractivity contribution >= 4 is 5.91 Å². The van der Waals surface area contributed by atoms with Gasteiger partial charge in [0.2, 0.25) is 5.91 Å². The normalized spacial score (nSPS) is 16.9. The molecule has 1 aromatic carbocycles. The van der Waals surface area contributed by atoms with E-state index in [1.807, 2.05) is 32.0 Å². The molecule has 1 aliphatic rings. The molecule has 23 heavy (non-hydrogen) atoms. The number of benzene rings is 1. The summed E-state index contributed by atoms with van der Waals surface area (Å²) in [5.41, 5.74) is -0.256. The van der Waals surface area contributed by atoms with Gasteiger partial charge in [0.25, 0.3) is 0 Å². The first-order valence-corrected chi connectivity index (χ1v) is 8.04. The number of ether oxygens (including phenoxy) is 2. The summed E-state index contributed by atoms with van der Waals surface area (Å²) in [4.78, 5) is 13.0. The molecule has 2 N–H and O–H groups in total. The second kappa shape index (κ2) is 6.79. The van der Waals surface area contributed by atoms with Gasteiger partial charge in [0.05, 0.1) is 31.8 Å². The fourth-order valence-corrected chi connectivity index (χ4v) is 3.23. The van der Waals surface area contributed by atoms with Crippen LogP contribution in [-0.4, -0.2) is 37.4 Å². The zero-order valence-corrected chi connectivity index (χ0v) is 14.4. The Morgan fingerprint density at radius 3 is 2.35 bits per heavy atom. The molecule has 0 atom stereocenters. The van der Waals surface area contributed by atoms with Crippen molar-refractivity contribution in [2.45, 2.75) is 50.5 Å². The highest BCUT2D eigenvalue weighted by Crippen LogP contribution is 2.44. The molecule has 5 heteroatoms. The highest BCUT2D eigenvalue weighted by atomic mass is 16.5. The third-order valence-corrected chi connectivity index (χ3v) is 4.68. The highest BCUT2D eigenvalue weighted by molar-refractivity contribution is 5.89. The van der Waals surface area contributed by atoms with E-state index in [-0.39, 0.29) is 12.5 Å².